The summed E-state index contributed by atoms with van der Waals surface area (Å²) in [5.41, 5.74) is -0.336. The van der Waals surface area contributed by atoms with Crippen LogP contribution in [0.1, 0.15) is 91.4 Å². The number of hydrogen-bond acceptors (Lipinski definition) is 1. The number of aliphatic hydroxyl groups is 1. The summed E-state index contributed by atoms with van der Waals surface area (Å²) in [6, 6.07) is 0. The maximum Gasteiger partial charge on any atom is 0.0678 e. The van der Waals surface area contributed by atoms with E-state index in [1.54, 1.807) is 0 Å². The summed E-state index contributed by atoms with van der Waals surface area (Å²) in [6.45, 7) is 6.82. The summed E-state index contributed by atoms with van der Waals surface area (Å²) < 4.78 is 0. The van der Waals surface area contributed by atoms with E-state index in [-0.39, 0.29) is 5.60 Å². The van der Waals surface area contributed by atoms with Crippen LogP contribution in [-0.4, -0.2) is 10.7 Å². The predicted molar refractivity (Wildman–Crippen MR) is 79.7 cm³/mol. The average Bonchev–Trinajstić information content (AvgIpc) is 2.33. The van der Waals surface area contributed by atoms with Crippen molar-refractivity contribution in [2.45, 2.75) is 97.0 Å². The van der Waals surface area contributed by atoms with Gasteiger partial charge in [-0.3, -0.25) is 0 Å². The molecule has 0 spiro atoms. The van der Waals surface area contributed by atoms with Crippen molar-refractivity contribution in [2.24, 2.45) is 11.8 Å². The molecule has 1 nitrogen and oxygen atoms in total. The monoisotopic (exact) mass is 254 g/mol. The van der Waals surface area contributed by atoms with Crippen molar-refractivity contribution in [2.75, 3.05) is 0 Å². The molecule has 1 aliphatic rings. The number of hydrogen-bond donors (Lipinski definition) is 1. The van der Waals surface area contributed by atoms with Gasteiger partial charge >= 0.3 is 0 Å². The fourth-order valence-electron chi connectivity index (χ4n) is 3.73. The molecule has 1 N–H and O–H groups in total. The van der Waals surface area contributed by atoms with Gasteiger partial charge in [0.1, 0.15) is 0 Å². The van der Waals surface area contributed by atoms with Crippen LogP contribution in [0.2, 0.25) is 0 Å². The molecular weight excluding hydrogens is 220 g/mol. The van der Waals surface area contributed by atoms with Gasteiger partial charge in [-0.2, -0.15) is 0 Å². The highest BCUT2D eigenvalue weighted by atomic mass is 16.3. The van der Waals surface area contributed by atoms with Crippen molar-refractivity contribution in [1.29, 1.82) is 0 Å². The van der Waals surface area contributed by atoms with Gasteiger partial charge in [0, 0.05) is 0 Å². The highest BCUT2D eigenvalue weighted by Crippen LogP contribution is 2.41. The summed E-state index contributed by atoms with van der Waals surface area (Å²) >= 11 is 0. The molecule has 1 heteroatoms. The second kappa shape index (κ2) is 8.19. The molecule has 0 aromatic rings. The molecule has 1 aliphatic carbocycles. The zero-order valence-corrected chi connectivity index (χ0v) is 12.9. The summed E-state index contributed by atoms with van der Waals surface area (Å²) in [6.07, 6.45) is 13.8. The Bertz CT molecular complexity index is 212. The second-order valence-corrected chi connectivity index (χ2v) is 6.72. The summed E-state index contributed by atoms with van der Waals surface area (Å²) in [5, 5.41) is 10.9. The average molecular weight is 254 g/mol. The first-order valence-electron chi connectivity index (χ1n) is 8.32. The minimum atomic E-state index is -0.336. The Kier molecular flexibility index (Phi) is 7.29. The van der Waals surface area contributed by atoms with E-state index in [2.05, 4.69) is 20.8 Å². The zero-order chi connectivity index (χ0) is 13.4. The van der Waals surface area contributed by atoms with Crippen molar-refractivity contribution in [3.05, 3.63) is 0 Å². The van der Waals surface area contributed by atoms with Crippen molar-refractivity contribution < 1.29 is 5.11 Å². The Morgan fingerprint density at radius 2 is 1.72 bits per heavy atom. The molecule has 0 radical (unpaired) electrons. The minimum Gasteiger partial charge on any atom is -0.390 e. The predicted octanol–water partition coefficient (Wildman–Crippen LogP) is 5.31. The van der Waals surface area contributed by atoms with Crippen LogP contribution in [0.4, 0.5) is 0 Å². The van der Waals surface area contributed by atoms with Crippen LogP contribution in [0, 0.1) is 11.8 Å². The third-order valence-electron chi connectivity index (χ3n) is 4.83. The van der Waals surface area contributed by atoms with E-state index in [9.17, 15) is 5.11 Å². The summed E-state index contributed by atoms with van der Waals surface area (Å²) in [7, 11) is 0. The standard InChI is InChI=1S/C17H34O/c1-4-5-6-7-8-10-13-17(18)14-11-9-12-16(17)15(2)3/h15-16,18H,4-14H2,1-3H3. The van der Waals surface area contributed by atoms with E-state index in [0.29, 0.717) is 11.8 Å². The fraction of sp³-hybridized carbons (Fsp3) is 1.00. The normalized spacial score (nSPS) is 28.8. The quantitative estimate of drug-likeness (QED) is 0.582. The maximum absolute atomic E-state index is 10.9. The van der Waals surface area contributed by atoms with Gasteiger partial charge in [0.05, 0.1) is 5.60 Å². The lowest BCUT2D eigenvalue weighted by molar-refractivity contribution is -0.0734. The van der Waals surface area contributed by atoms with Crippen LogP contribution in [0.3, 0.4) is 0 Å². The molecule has 0 heterocycles. The first-order valence-corrected chi connectivity index (χ1v) is 8.32. The van der Waals surface area contributed by atoms with Crippen molar-refractivity contribution in [3.8, 4) is 0 Å². The maximum atomic E-state index is 10.9. The summed E-state index contributed by atoms with van der Waals surface area (Å²) in [4.78, 5) is 0. The van der Waals surface area contributed by atoms with E-state index >= 15 is 0 Å². The molecule has 0 amide bonds. The highest BCUT2D eigenvalue weighted by Gasteiger charge is 2.39. The first kappa shape index (κ1) is 16.0. The number of rotatable bonds is 8. The SMILES string of the molecule is CCCCCCCCC1(O)CCCCC1C(C)C. The lowest BCUT2D eigenvalue weighted by Gasteiger charge is -2.42. The Morgan fingerprint density at radius 3 is 2.39 bits per heavy atom. The molecule has 0 bridgehead atoms. The Hall–Kier alpha value is -0.0400. The van der Waals surface area contributed by atoms with Crippen molar-refractivity contribution >= 4 is 0 Å². The summed E-state index contributed by atoms with van der Waals surface area (Å²) in [5.74, 6) is 1.18. The van der Waals surface area contributed by atoms with E-state index in [0.717, 1.165) is 12.8 Å². The highest BCUT2D eigenvalue weighted by molar-refractivity contribution is 4.91. The Balaban J connectivity index is 2.28. The van der Waals surface area contributed by atoms with Gasteiger partial charge in [-0.15, -0.1) is 0 Å². The van der Waals surface area contributed by atoms with Crippen LogP contribution in [0.25, 0.3) is 0 Å². The van der Waals surface area contributed by atoms with Gasteiger partial charge in [-0.1, -0.05) is 72.1 Å². The van der Waals surface area contributed by atoms with E-state index in [4.69, 9.17) is 0 Å². The van der Waals surface area contributed by atoms with Crippen LogP contribution in [0.5, 0.6) is 0 Å². The van der Waals surface area contributed by atoms with Crippen LogP contribution < -0.4 is 0 Å². The van der Waals surface area contributed by atoms with E-state index < -0.39 is 0 Å². The Labute approximate surface area is 114 Å². The zero-order valence-electron chi connectivity index (χ0n) is 12.9. The molecule has 1 rings (SSSR count). The van der Waals surface area contributed by atoms with E-state index in [1.807, 2.05) is 0 Å². The molecule has 2 unspecified atom stereocenters. The third-order valence-corrected chi connectivity index (χ3v) is 4.83. The molecule has 108 valence electrons. The lowest BCUT2D eigenvalue weighted by Crippen LogP contribution is -2.43. The molecule has 0 aromatic heterocycles. The van der Waals surface area contributed by atoms with Crippen LogP contribution >= 0.6 is 0 Å². The molecule has 0 aromatic carbocycles. The van der Waals surface area contributed by atoms with Crippen molar-refractivity contribution in [1.82, 2.24) is 0 Å². The van der Waals surface area contributed by atoms with Gasteiger partial charge in [0.25, 0.3) is 0 Å². The smallest absolute Gasteiger partial charge is 0.0678 e. The molecular formula is C17H34O. The molecule has 1 fully saturated rings. The van der Waals surface area contributed by atoms with Gasteiger partial charge in [-0.25, -0.2) is 0 Å². The first-order chi connectivity index (χ1) is 8.60. The van der Waals surface area contributed by atoms with Gasteiger partial charge < -0.3 is 5.11 Å². The van der Waals surface area contributed by atoms with Crippen molar-refractivity contribution in [3.63, 3.8) is 0 Å². The van der Waals surface area contributed by atoms with Gasteiger partial charge in [-0.05, 0) is 31.1 Å². The lowest BCUT2D eigenvalue weighted by atomic mass is 9.68. The fourth-order valence-corrected chi connectivity index (χ4v) is 3.73. The molecule has 2 atom stereocenters. The third kappa shape index (κ3) is 4.91. The van der Waals surface area contributed by atoms with Gasteiger partial charge in [0.15, 0.2) is 0 Å². The topological polar surface area (TPSA) is 20.2 Å². The van der Waals surface area contributed by atoms with Gasteiger partial charge in [0.2, 0.25) is 0 Å². The second-order valence-electron chi connectivity index (χ2n) is 6.72. The van der Waals surface area contributed by atoms with Crippen LogP contribution in [0.15, 0.2) is 0 Å². The molecule has 0 aliphatic heterocycles. The molecule has 18 heavy (non-hydrogen) atoms. The Morgan fingerprint density at radius 1 is 1.06 bits per heavy atom. The van der Waals surface area contributed by atoms with Crippen LogP contribution in [-0.2, 0) is 0 Å². The largest absolute Gasteiger partial charge is 0.390 e. The minimum absolute atomic E-state index is 0.336. The number of unbranched alkanes of at least 4 members (excludes halogenated alkanes) is 5. The molecule has 0 saturated heterocycles. The molecule has 1 saturated carbocycles. The van der Waals surface area contributed by atoms with E-state index in [1.165, 1.54) is 57.8 Å².